The largest absolute Gasteiger partial charge is 0.462 e. The third-order valence-electron chi connectivity index (χ3n) is 5.75. The summed E-state index contributed by atoms with van der Waals surface area (Å²) < 4.78 is 12.4. The lowest BCUT2D eigenvalue weighted by Gasteiger charge is -2.14. The normalized spacial score (nSPS) is 11.0. The number of benzene rings is 2. The second-order valence-corrected chi connectivity index (χ2v) is 10.3. The predicted molar refractivity (Wildman–Crippen MR) is 155 cm³/mol. The van der Waals surface area contributed by atoms with Crippen molar-refractivity contribution in [2.45, 2.75) is 33.1 Å². The number of carbonyl (C=O) groups is 3. The monoisotopic (exact) mass is 576 g/mol. The SMILES string of the molecule is CCOC(=O)c1ccc(-n2nc(C(C)(C)C)cc2NC(=O)Nc2ccc(Oc3ccnc(C(N)=O)c3)cc2Cl)cc1. The number of aromatic nitrogens is 3. The van der Waals surface area contributed by atoms with E-state index in [1.54, 1.807) is 60.1 Å². The average Bonchev–Trinajstić information content (AvgIpc) is 3.35. The van der Waals surface area contributed by atoms with Gasteiger partial charge >= 0.3 is 12.0 Å². The molecule has 0 saturated carbocycles. The molecule has 0 unspecified atom stereocenters. The summed E-state index contributed by atoms with van der Waals surface area (Å²) in [7, 11) is 0. The van der Waals surface area contributed by atoms with Crippen molar-refractivity contribution in [2.75, 3.05) is 17.2 Å². The van der Waals surface area contributed by atoms with Gasteiger partial charge in [-0.2, -0.15) is 5.10 Å². The molecule has 0 saturated heterocycles. The van der Waals surface area contributed by atoms with Crippen molar-refractivity contribution in [1.82, 2.24) is 14.8 Å². The van der Waals surface area contributed by atoms with E-state index in [1.807, 2.05) is 20.8 Å². The highest BCUT2D eigenvalue weighted by atomic mass is 35.5. The molecule has 4 rings (SSSR count). The number of esters is 1. The molecule has 0 bridgehead atoms. The van der Waals surface area contributed by atoms with Crippen molar-refractivity contribution in [1.29, 1.82) is 0 Å². The van der Waals surface area contributed by atoms with Gasteiger partial charge < -0.3 is 20.5 Å². The van der Waals surface area contributed by atoms with Crippen molar-refractivity contribution >= 4 is 41.0 Å². The van der Waals surface area contributed by atoms with Gasteiger partial charge in [-0.3, -0.25) is 15.1 Å². The lowest BCUT2D eigenvalue weighted by molar-refractivity contribution is 0.0526. The Balaban J connectivity index is 1.51. The van der Waals surface area contributed by atoms with Gasteiger partial charge in [-0.05, 0) is 49.4 Å². The van der Waals surface area contributed by atoms with Crippen LogP contribution in [0.5, 0.6) is 11.5 Å². The van der Waals surface area contributed by atoms with E-state index in [9.17, 15) is 14.4 Å². The van der Waals surface area contributed by atoms with E-state index < -0.39 is 17.9 Å². The molecule has 0 fully saturated rings. The fourth-order valence-electron chi connectivity index (χ4n) is 3.66. The number of nitrogens with one attached hydrogen (secondary N) is 2. The summed E-state index contributed by atoms with van der Waals surface area (Å²) in [4.78, 5) is 40.3. The molecule has 41 heavy (non-hydrogen) atoms. The molecule has 0 radical (unpaired) electrons. The van der Waals surface area contributed by atoms with E-state index in [0.717, 1.165) is 5.69 Å². The van der Waals surface area contributed by atoms with Crippen molar-refractivity contribution in [3.63, 3.8) is 0 Å². The lowest BCUT2D eigenvalue weighted by atomic mass is 9.92. The summed E-state index contributed by atoms with van der Waals surface area (Å²) in [5, 5.41) is 10.5. The van der Waals surface area contributed by atoms with Gasteiger partial charge in [-0.1, -0.05) is 32.4 Å². The van der Waals surface area contributed by atoms with E-state index in [0.29, 0.717) is 34.3 Å². The number of nitrogens with zero attached hydrogens (tertiary/aromatic N) is 3. The van der Waals surface area contributed by atoms with E-state index >= 15 is 0 Å². The third kappa shape index (κ3) is 7.20. The number of halogens is 1. The van der Waals surface area contributed by atoms with Crippen LogP contribution in [0, 0.1) is 0 Å². The van der Waals surface area contributed by atoms with Crippen molar-refractivity contribution < 1.29 is 23.9 Å². The van der Waals surface area contributed by atoms with Gasteiger partial charge in [-0.15, -0.1) is 0 Å². The first-order chi connectivity index (χ1) is 19.4. The van der Waals surface area contributed by atoms with Crippen molar-refractivity contribution in [2.24, 2.45) is 5.73 Å². The predicted octanol–water partition coefficient (Wildman–Crippen LogP) is 5.93. The molecular formula is C29H29ClN6O5. The standard InChI is InChI=1S/C29H29ClN6O5/c1-5-40-27(38)17-6-8-18(9-7-17)36-25(16-24(35-36)29(2,3)4)34-28(39)33-22-11-10-19(14-21(22)30)41-20-12-13-32-23(15-20)26(31)37/h6-16H,5H2,1-4H3,(H2,31,37)(H2,33,34,39). The zero-order valence-electron chi connectivity index (χ0n) is 22.9. The quantitative estimate of drug-likeness (QED) is 0.220. The number of pyridine rings is 1. The number of anilines is 2. The topological polar surface area (TPSA) is 150 Å². The molecule has 0 aliphatic heterocycles. The van der Waals surface area contributed by atoms with Gasteiger partial charge in [0, 0.05) is 29.8 Å². The Morgan fingerprint density at radius 3 is 2.32 bits per heavy atom. The Kier molecular flexibility index (Phi) is 8.58. The highest BCUT2D eigenvalue weighted by Gasteiger charge is 2.22. The number of urea groups is 1. The Morgan fingerprint density at radius 1 is 0.976 bits per heavy atom. The summed E-state index contributed by atoms with van der Waals surface area (Å²) in [5.74, 6) is 0.0411. The van der Waals surface area contributed by atoms with Crippen LogP contribution >= 0.6 is 11.6 Å². The molecule has 0 aliphatic rings. The first-order valence-corrected chi connectivity index (χ1v) is 13.0. The van der Waals surface area contributed by atoms with Gasteiger partial charge in [0.2, 0.25) is 0 Å². The number of rotatable bonds is 8. The van der Waals surface area contributed by atoms with Gasteiger partial charge in [0.15, 0.2) is 0 Å². The number of primary amides is 1. The lowest BCUT2D eigenvalue weighted by Crippen LogP contribution is -2.21. The minimum atomic E-state index is -0.677. The number of carbonyl (C=O) groups excluding carboxylic acids is 3. The number of amides is 3. The number of hydrogen-bond donors (Lipinski definition) is 3. The van der Waals surface area contributed by atoms with E-state index in [2.05, 4.69) is 15.6 Å². The first kappa shape index (κ1) is 29.1. The summed E-state index contributed by atoms with van der Waals surface area (Å²) in [6, 6.07) is 15.7. The summed E-state index contributed by atoms with van der Waals surface area (Å²) >= 11 is 6.41. The zero-order chi connectivity index (χ0) is 29.7. The van der Waals surface area contributed by atoms with Crippen molar-refractivity contribution in [3.8, 4) is 17.2 Å². The average molecular weight is 577 g/mol. The smallest absolute Gasteiger partial charge is 0.338 e. The van der Waals surface area contributed by atoms with Crippen LogP contribution in [0.4, 0.5) is 16.3 Å². The molecule has 11 nitrogen and oxygen atoms in total. The minimum absolute atomic E-state index is 0.0624. The second-order valence-electron chi connectivity index (χ2n) is 9.91. The molecule has 2 aromatic carbocycles. The van der Waals surface area contributed by atoms with Gasteiger partial charge in [0.25, 0.3) is 5.91 Å². The van der Waals surface area contributed by atoms with Crippen LogP contribution in [0.2, 0.25) is 5.02 Å². The Labute approximate surface area is 241 Å². The van der Waals surface area contributed by atoms with Gasteiger partial charge in [-0.25, -0.2) is 14.3 Å². The molecule has 2 heterocycles. The number of ether oxygens (including phenoxy) is 2. The molecule has 0 atom stereocenters. The molecule has 0 spiro atoms. The Bertz CT molecular complexity index is 1590. The number of hydrogen-bond acceptors (Lipinski definition) is 7. The molecule has 4 N–H and O–H groups in total. The maximum Gasteiger partial charge on any atom is 0.338 e. The highest BCUT2D eigenvalue weighted by molar-refractivity contribution is 6.34. The Morgan fingerprint density at radius 2 is 1.68 bits per heavy atom. The fourth-order valence-corrected chi connectivity index (χ4v) is 3.88. The number of nitrogens with two attached hydrogens (primary N) is 1. The molecule has 12 heteroatoms. The maximum atomic E-state index is 13.0. The molecule has 212 valence electrons. The Hall–Kier alpha value is -4.90. The second kappa shape index (κ2) is 12.1. The van der Waals surface area contributed by atoms with E-state index in [4.69, 9.17) is 31.9 Å². The van der Waals surface area contributed by atoms with Crippen LogP contribution in [0.1, 0.15) is 54.2 Å². The van der Waals surface area contributed by atoms with Crippen molar-refractivity contribution in [3.05, 3.63) is 88.8 Å². The van der Waals surface area contributed by atoms with Crippen LogP contribution in [-0.4, -0.2) is 39.3 Å². The summed E-state index contributed by atoms with van der Waals surface area (Å²) in [6.07, 6.45) is 1.40. The van der Waals surface area contributed by atoms with Gasteiger partial charge in [0.05, 0.1) is 34.3 Å². The fraction of sp³-hybridized carbons (Fsp3) is 0.207. The van der Waals surface area contributed by atoms with Crippen LogP contribution in [0.25, 0.3) is 5.69 Å². The molecule has 0 aliphatic carbocycles. The van der Waals surface area contributed by atoms with E-state index in [1.165, 1.54) is 18.3 Å². The molecular weight excluding hydrogens is 548 g/mol. The van der Waals surface area contributed by atoms with E-state index in [-0.39, 0.29) is 22.7 Å². The maximum absolute atomic E-state index is 13.0. The minimum Gasteiger partial charge on any atom is -0.462 e. The molecule has 3 amide bonds. The first-order valence-electron chi connectivity index (χ1n) is 12.6. The summed E-state index contributed by atoms with van der Waals surface area (Å²) in [5.41, 5.74) is 7.16. The zero-order valence-corrected chi connectivity index (χ0v) is 23.7. The highest BCUT2D eigenvalue weighted by Crippen LogP contribution is 2.31. The van der Waals surface area contributed by atoms with Crippen LogP contribution in [-0.2, 0) is 10.2 Å². The van der Waals surface area contributed by atoms with Crippen LogP contribution < -0.4 is 21.1 Å². The van der Waals surface area contributed by atoms with Gasteiger partial charge in [0.1, 0.15) is 23.0 Å². The molecule has 4 aromatic rings. The molecule has 2 aromatic heterocycles. The van der Waals surface area contributed by atoms with Crippen LogP contribution in [0.3, 0.4) is 0 Å². The third-order valence-corrected chi connectivity index (χ3v) is 6.06. The van der Waals surface area contributed by atoms with Crippen LogP contribution in [0.15, 0.2) is 66.9 Å². The summed E-state index contributed by atoms with van der Waals surface area (Å²) in [6.45, 7) is 8.06.